The Hall–Kier alpha value is -1.39. The first kappa shape index (κ1) is 17.7. The second-order valence-electron chi connectivity index (χ2n) is 6.37. The lowest BCUT2D eigenvalue weighted by molar-refractivity contribution is -0.113. The fraction of sp³-hybridized carbons (Fsp3) is 0.471. The van der Waals surface area contributed by atoms with Crippen molar-refractivity contribution in [1.82, 2.24) is 4.57 Å². The maximum Gasteiger partial charge on any atom is 0.252 e. The summed E-state index contributed by atoms with van der Waals surface area (Å²) >= 11 is 0. The van der Waals surface area contributed by atoms with E-state index in [1.807, 2.05) is 30.3 Å². The Morgan fingerprint density at radius 3 is 2.38 bits per heavy atom. The highest BCUT2D eigenvalue weighted by Gasteiger charge is 2.25. The fourth-order valence-electron chi connectivity index (χ4n) is 2.04. The molecule has 1 aromatic carbocycles. The van der Waals surface area contributed by atoms with Crippen LogP contribution in [0.3, 0.4) is 0 Å². The predicted octanol–water partition coefficient (Wildman–Crippen LogP) is 4.12. The standard InChI is InChI=1S/C17H28N2OSi/c1-6-7-13-19(21(3,4)5)14-15(2)17(20)18-16-11-9-8-10-12-16/h8-12H,2,6-7,13-14H2,1,3-5H3,(H,18,20). The summed E-state index contributed by atoms with van der Waals surface area (Å²) in [5, 5.41) is 2.90. The maximum atomic E-state index is 12.2. The van der Waals surface area contributed by atoms with Crippen molar-refractivity contribution in [1.29, 1.82) is 0 Å². The molecule has 0 saturated heterocycles. The largest absolute Gasteiger partial charge is 0.322 e. The van der Waals surface area contributed by atoms with Crippen molar-refractivity contribution in [2.45, 2.75) is 39.4 Å². The minimum absolute atomic E-state index is 0.0825. The number of benzene rings is 1. The third-order valence-electron chi connectivity index (χ3n) is 3.46. The maximum absolute atomic E-state index is 12.2. The minimum atomic E-state index is -1.43. The molecular formula is C17H28N2OSi. The number of anilines is 1. The first-order valence-corrected chi connectivity index (χ1v) is 11.1. The predicted molar refractivity (Wildman–Crippen MR) is 94.0 cm³/mol. The molecule has 1 N–H and O–H groups in total. The van der Waals surface area contributed by atoms with Crippen LogP contribution in [0, 0.1) is 0 Å². The number of carbonyl (C=O) groups is 1. The van der Waals surface area contributed by atoms with Crippen LogP contribution in [0.5, 0.6) is 0 Å². The monoisotopic (exact) mass is 304 g/mol. The second kappa shape index (κ2) is 8.15. The molecule has 0 aromatic heterocycles. The number of carbonyl (C=O) groups excluding carboxylic acids is 1. The third kappa shape index (κ3) is 6.27. The summed E-state index contributed by atoms with van der Waals surface area (Å²) < 4.78 is 2.45. The zero-order valence-corrected chi connectivity index (χ0v) is 14.8. The van der Waals surface area contributed by atoms with E-state index in [-0.39, 0.29) is 5.91 Å². The van der Waals surface area contributed by atoms with Gasteiger partial charge in [-0.2, -0.15) is 0 Å². The average molecular weight is 305 g/mol. The van der Waals surface area contributed by atoms with E-state index in [1.54, 1.807) is 0 Å². The molecule has 1 amide bonds. The number of amides is 1. The van der Waals surface area contributed by atoms with Crippen LogP contribution in [0.4, 0.5) is 5.69 Å². The number of para-hydroxylation sites is 1. The average Bonchev–Trinajstić information content (AvgIpc) is 2.43. The van der Waals surface area contributed by atoms with Gasteiger partial charge in [-0.25, -0.2) is 0 Å². The molecule has 0 saturated carbocycles. The molecule has 0 spiro atoms. The molecule has 1 rings (SSSR count). The van der Waals surface area contributed by atoms with Crippen molar-refractivity contribution in [3.05, 3.63) is 42.5 Å². The Morgan fingerprint density at radius 1 is 1.24 bits per heavy atom. The first-order chi connectivity index (χ1) is 9.84. The number of nitrogens with zero attached hydrogens (tertiary/aromatic N) is 1. The van der Waals surface area contributed by atoms with Crippen LogP contribution < -0.4 is 5.32 Å². The van der Waals surface area contributed by atoms with Crippen molar-refractivity contribution in [3.63, 3.8) is 0 Å². The SMILES string of the molecule is C=C(CN(CCCC)[Si](C)(C)C)C(=O)Nc1ccccc1. The minimum Gasteiger partial charge on any atom is -0.322 e. The van der Waals surface area contributed by atoms with Gasteiger partial charge < -0.3 is 9.88 Å². The Balaban J connectivity index is 2.62. The summed E-state index contributed by atoms with van der Waals surface area (Å²) in [6.45, 7) is 14.8. The van der Waals surface area contributed by atoms with Crippen LogP contribution >= 0.6 is 0 Å². The van der Waals surface area contributed by atoms with Gasteiger partial charge in [0.05, 0.1) is 0 Å². The Labute approximate surface area is 130 Å². The van der Waals surface area contributed by atoms with Crippen LogP contribution in [0.1, 0.15) is 19.8 Å². The van der Waals surface area contributed by atoms with Gasteiger partial charge in [-0.3, -0.25) is 4.79 Å². The smallest absolute Gasteiger partial charge is 0.252 e. The topological polar surface area (TPSA) is 32.3 Å². The van der Waals surface area contributed by atoms with Crippen LogP contribution in [0.15, 0.2) is 42.5 Å². The van der Waals surface area contributed by atoms with E-state index < -0.39 is 8.24 Å². The van der Waals surface area contributed by atoms with Crippen LogP contribution in [-0.2, 0) is 4.79 Å². The lowest BCUT2D eigenvalue weighted by atomic mass is 10.2. The number of unbranched alkanes of at least 4 members (excludes halogenated alkanes) is 1. The summed E-state index contributed by atoms with van der Waals surface area (Å²) in [4.78, 5) is 12.2. The van der Waals surface area contributed by atoms with Gasteiger partial charge in [0.1, 0.15) is 8.24 Å². The van der Waals surface area contributed by atoms with Gasteiger partial charge >= 0.3 is 0 Å². The molecule has 1 aromatic rings. The van der Waals surface area contributed by atoms with E-state index in [2.05, 4.69) is 43.0 Å². The molecule has 0 radical (unpaired) electrons. The number of nitrogens with one attached hydrogen (secondary N) is 1. The van der Waals surface area contributed by atoms with Gasteiger partial charge in [-0.15, -0.1) is 0 Å². The fourth-order valence-corrected chi connectivity index (χ4v) is 3.54. The molecule has 0 fully saturated rings. The van der Waals surface area contributed by atoms with E-state index in [0.29, 0.717) is 12.1 Å². The molecule has 3 nitrogen and oxygen atoms in total. The molecule has 0 aliphatic rings. The second-order valence-corrected chi connectivity index (χ2v) is 11.3. The first-order valence-electron chi connectivity index (χ1n) is 7.64. The highest BCUT2D eigenvalue weighted by molar-refractivity contribution is 6.73. The highest BCUT2D eigenvalue weighted by Crippen LogP contribution is 2.14. The van der Waals surface area contributed by atoms with Gasteiger partial charge in [-0.1, -0.05) is 57.8 Å². The van der Waals surface area contributed by atoms with Gasteiger partial charge in [0.2, 0.25) is 0 Å². The van der Waals surface area contributed by atoms with Crippen molar-refractivity contribution >= 4 is 19.8 Å². The molecule has 0 aliphatic carbocycles. The van der Waals surface area contributed by atoms with Crippen LogP contribution in [0.2, 0.25) is 19.6 Å². The van der Waals surface area contributed by atoms with Gasteiger partial charge in [0.15, 0.2) is 0 Å². The van der Waals surface area contributed by atoms with E-state index in [4.69, 9.17) is 0 Å². The summed E-state index contributed by atoms with van der Waals surface area (Å²) in [6, 6.07) is 9.53. The molecular weight excluding hydrogens is 276 g/mol. The number of hydrogen-bond donors (Lipinski definition) is 1. The van der Waals surface area contributed by atoms with Crippen molar-refractivity contribution in [2.24, 2.45) is 0 Å². The molecule has 0 heterocycles. The van der Waals surface area contributed by atoms with E-state index in [1.165, 1.54) is 6.42 Å². The Morgan fingerprint density at radius 2 is 1.86 bits per heavy atom. The Bertz CT molecular complexity index is 465. The summed E-state index contributed by atoms with van der Waals surface area (Å²) in [5.41, 5.74) is 1.45. The van der Waals surface area contributed by atoms with Crippen molar-refractivity contribution in [3.8, 4) is 0 Å². The van der Waals surface area contributed by atoms with Gasteiger partial charge in [0.25, 0.3) is 5.91 Å². The van der Waals surface area contributed by atoms with E-state index in [0.717, 1.165) is 18.7 Å². The van der Waals surface area contributed by atoms with E-state index >= 15 is 0 Å². The summed E-state index contributed by atoms with van der Waals surface area (Å²) in [7, 11) is -1.43. The highest BCUT2D eigenvalue weighted by atomic mass is 28.3. The molecule has 0 bridgehead atoms. The quantitative estimate of drug-likeness (QED) is 0.579. The zero-order chi connectivity index (χ0) is 15.9. The lowest BCUT2D eigenvalue weighted by Crippen LogP contribution is -2.48. The number of hydrogen-bond acceptors (Lipinski definition) is 2. The molecule has 0 aliphatic heterocycles. The normalized spacial score (nSPS) is 11.5. The van der Waals surface area contributed by atoms with Crippen molar-refractivity contribution < 1.29 is 4.79 Å². The molecule has 0 unspecified atom stereocenters. The Kier molecular flexibility index (Phi) is 6.85. The molecule has 21 heavy (non-hydrogen) atoms. The van der Waals surface area contributed by atoms with Gasteiger partial charge in [-0.05, 0) is 25.1 Å². The third-order valence-corrected chi connectivity index (χ3v) is 5.74. The molecule has 116 valence electrons. The molecule has 0 atom stereocenters. The zero-order valence-electron chi connectivity index (χ0n) is 13.8. The number of rotatable bonds is 8. The van der Waals surface area contributed by atoms with E-state index in [9.17, 15) is 4.79 Å². The molecule has 4 heteroatoms. The van der Waals surface area contributed by atoms with Crippen molar-refractivity contribution in [2.75, 3.05) is 18.4 Å². The van der Waals surface area contributed by atoms with Crippen LogP contribution in [0.25, 0.3) is 0 Å². The summed E-state index contributed by atoms with van der Waals surface area (Å²) in [6.07, 6.45) is 2.33. The lowest BCUT2D eigenvalue weighted by Gasteiger charge is -2.34. The van der Waals surface area contributed by atoms with Crippen LogP contribution in [-0.4, -0.2) is 31.8 Å². The van der Waals surface area contributed by atoms with Gasteiger partial charge in [0, 0.05) is 17.8 Å². The summed E-state index contributed by atoms with van der Waals surface area (Å²) in [5.74, 6) is -0.0825.